The summed E-state index contributed by atoms with van der Waals surface area (Å²) in [6.07, 6.45) is 3.89. The third kappa shape index (κ3) is 6.02. The van der Waals surface area contributed by atoms with Gasteiger partial charge in [-0.2, -0.15) is 0 Å². The topological polar surface area (TPSA) is 52.6 Å². The molecule has 126 valence electrons. The van der Waals surface area contributed by atoms with Crippen LogP contribution in [0.2, 0.25) is 0 Å². The zero-order valence-corrected chi connectivity index (χ0v) is 14.0. The highest BCUT2D eigenvalue weighted by Crippen LogP contribution is 2.17. The lowest BCUT2D eigenvalue weighted by Crippen LogP contribution is -2.46. The molecule has 1 fully saturated rings. The monoisotopic (exact) mass is 317 g/mol. The number of aryl methyl sites for hydroxylation is 1. The number of rotatable bonds is 8. The number of unbranched alkanes of at least 4 members (excludes halogenated alkanes) is 2. The van der Waals surface area contributed by atoms with Crippen molar-refractivity contribution in [1.29, 1.82) is 0 Å². The molecule has 1 saturated heterocycles. The fourth-order valence-corrected chi connectivity index (χ4v) is 2.92. The van der Waals surface area contributed by atoms with Crippen LogP contribution >= 0.6 is 0 Å². The molecule has 23 heavy (non-hydrogen) atoms. The maximum Gasteiger partial charge on any atom is 0.226 e. The number of hydrogen-bond acceptors (Lipinski definition) is 4. The first kappa shape index (κ1) is 17.5. The summed E-state index contributed by atoms with van der Waals surface area (Å²) in [4.78, 5) is 26.2. The summed E-state index contributed by atoms with van der Waals surface area (Å²) in [6.45, 7) is 7.55. The van der Waals surface area contributed by atoms with Crippen molar-refractivity contribution in [2.24, 2.45) is 0 Å². The molecule has 0 atom stereocenters. The first-order valence-electron chi connectivity index (χ1n) is 8.46. The minimum Gasteiger partial charge on any atom is -0.369 e. The molecule has 5 heteroatoms. The van der Waals surface area contributed by atoms with E-state index >= 15 is 0 Å². The Hall–Kier alpha value is -1.88. The molecule has 2 rings (SSSR count). The number of carbonyl (C=O) groups excluding carboxylic acids is 2. The first-order chi connectivity index (χ1) is 11.2. The maximum absolute atomic E-state index is 11.1. The highest BCUT2D eigenvalue weighted by atomic mass is 16.2. The SMILES string of the molecule is Cc1ccc(N2CCN(CCCCCC(=O)NC=O)CC2)cc1. The van der Waals surface area contributed by atoms with Crippen molar-refractivity contribution in [3.63, 3.8) is 0 Å². The van der Waals surface area contributed by atoms with Crippen molar-refractivity contribution < 1.29 is 9.59 Å². The van der Waals surface area contributed by atoms with Crippen LogP contribution in [0.15, 0.2) is 24.3 Å². The van der Waals surface area contributed by atoms with Crippen molar-refractivity contribution in [3.8, 4) is 0 Å². The lowest BCUT2D eigenvalue weighted by atomic mass is 10.1. The summed E-state index contributed by atoms with van der Waals surface area (Å²) in [5.41, 5.74) is 2.62. The van der Waals surface area contributed by atoms with Crippen molar-refractivity contribution in [2.75, 3.05) is 37.6 Å². The van der Waals surface area contributed by atoms with Gasteiger partial charge in [-0.1, -0.05) is 24.1 Å². The normalized spacial score (nSPS) is 15.4. The minimum atomic E-state index is -0.174. The van der Waals surface area contributed by atoms with Crippen molar-refractivity contribution >= 4 is 18.0 Å². The summed E-state index contributed by atoms with van der Waals surface area (Å²) in [7, 11) is 0. The highest BCUT2D eigenvalue weighted by molar-refractivity contribution is 5.85. The van der Waals surface area contributed by atoms with Crippen LogP contribution in [-0.4, -0.2) is 49.9 Å². The molecule has 0 bridgehead atoms. The van der Waals surface area contributed by atoms with E-state index in [0.717, 1.165) is 52.0 Å². The van der Waals surface area contributed by atoms with Gasteiger partial charge in [0.1, 0.15) is 0 Å². The third-order valence-corrected chi connectivity index (χ3v) is 4.37. The minimum absolute atomic E-state index is 0.174. The third-order valence-electron chi connectivity index (χ3n) is 4.37. The number of nitrogens with one attached hydrogen (secondary N) is 1. The molecule has 1 aliphatic heterocycles. The zero-order chi connectivity index (χ0) is 16.5. The second-order valence-corrected chi connectivity index (χ2v) is 6.16. The Kier molecular flexibility index (Phi) is 7.07. The molecule has 1 aromatic rings. The van der Waals surface area contributed by atoms with Gasteiger partial charge in [-0.3, -0.25) is 19.8 Å². The molecule has 0 unspecified atom stereocenters. The Morgan fingerprint density at radius 2 is 1.78 bits per heavy atom. The average Bonchev–Trinajstić information content (AvgIpc) is 2.56. The largest absolute Gasteiger partial charge is 0.369 e. The Bertz CT molecular complexity index is 493. The van der Waals surface area contributed by atoms with Crippen LogP contribution in [0, 0.1) is 6.92 Å². The molecule has 0 aliphatic carbocycles. The highest BCUT2D eigenvalue weighted by Gasteiger charge is 2.16. The van der Waals surface area contributed by atoms with E-state index in [0.29, 0.717) is 12.8 Å². The van der Waals surface area contributed by atoms with Gasteiger partial charge in [-0.15, -0.1) is 0 Å². The molecule has 1 aliphatic rings. The molecule has 2 amide bonds. The van der Waals surface area contributed by atoms with Gasteiger partial charge in [0.25, 0.3) is 0 Å². The fourth-order valence-electron chi connectivity index (χ4n) is 2.92. The second-order valence-electron chi connectivity index (χ2n) is 6.16. The Morgan fingerprint density at radius 1 is 1.09 bits per heavy atom. The molecule has 1 N–H and O–H groups in total. The van der Waals surface area contributed by atoms with Gasteiger partial charge in [-0.05, 0) is 38.4 Å². The van der Waals surface area contributed by atoms with Crippen LogP contribution in [0.5, 0.6) is 0 Å². The standard InChI is InChI=1S/C18H27N3O2/c1-16-6-8-17(9-7-16)21-13-11-20(12-14-21)10-4-2-3-5-18(23)19-15-22/h6-9,15H,2-5,10-14H2,1H3,(H,19,22,23). The smallest absolute Gasteiger partial charge is 0.226 e. The summed E-state index contributed by atoms with van der Waals surface area (Å²) in [5.74, 6) is -0.174. The van der Waals surface area contributed by atoms with E-state index in [1.165, 1.54) is 11.3 Å². The van der Waals surface area contributed by atoms with Crippen molar-refractivity contribution in [2.45, 2.75) is 32.6 Å². The van der Waals surface area contributed by atoms with Gasteiger partial charge in [-0.25, -0.2) is 0 Å². The number of benzene rings is 1. The van der Waals surface area contributed by atoms with Gasteiger partial charge < -0.3 is 4.90 Å². The molecular weight excluding hydrogens is 290 g/mol. The average molecular weight is 317 g/mol. The molecule has 1 aromatic carbocycles. The number of piperazine rings is 1. The lowest BCUT2D eigenvalue weighted by Gasteiger charge is -2.36. The summed E-state index contributed by atoms with van der Waals surface area (Å²) in [5, 5.41) is 2.17. The summed E-state index contributed by atoms with van der Waals surface area (Å²) >= 11 is 0. The van der Waals surface area contributed by atoms with E-state index in [9.17, 15) is 9.59 Å². The molecule has 5 nitrogen and oxygen atoms in total. The summed E-state index contributed by atoms with van der Waals surface area (Å²) in [6, 6.07) is 8.75. The van der Waals surface area contributed by atoms with E-state index in [-0.39, 0.29) is 5.91 Å². The van der Waals surface area contributed by atoms with Gasteiger partial charge in [0.2, 0.25) is 12.3 Å². The molecule has 0 radical (unpaired) electrons. The van der Waals surface area contributed by atoms with E-state index < -0.39 is 0 Å². The van der Waals surface area contributed by atoms with E-state index in [2.05, 4.69) is 46.3 Å². The van der Waals surface area contributed by atoms with Crippen LogP contribution in [0.4, 0.5) is 5.69 Å². The Balaban J connectivity index is 1.59. The molecule has 0 spiro atoms. The lowest BCUT2D eigenvalue weighted by molar-refractivity contribution is -0.125. The summed E-state index contributed by atoms with van der Waals surface area (Å²) < 4.78 is 0. The second kappa shape index (κ2) is 9.30. The number of anilines is 1. The fraction of sp³-hybridized carbons (Fsp3) is 0.556. The van der Waals surface area contributed by atoms with Crippen LogP contribution < -0.4 is 10.2 Å². The van der Waals surface area contributed by atoms with Crippen LogP contribution in [0.1, 0.15) is 31.2 Å². The maximum atomic E-state index is 11.1. The van der Waals surface area contributed by atoms with Gasteiger partial charge in [0.15, 0.2) is 0 Å². The number of amides is 2. The van der Waals surface area contributed by atoms with E-state index in [1.807, 2.05) is 0 Å². The molecule has 0 saturated carbocycles. The van der Waals surface area contributed by atoms with Gasteiger partial charge >= 0.3 is 0 Å². The number of imide groups is 1. The van der Waals surface area contributed by atoms with Crippen LogP contribution in [0.25, 0.3) is 0 Å². The van der Waals surface area contributed by atoms with E-state index in [4.69, 9.17) is 0 Å². The first-order valence-corrected chi connectivity index (χ1v) is 8.46. The predicted octanol–water partition coefficient (Wildman–Crippen LogP) is 1.95. The number of carbonyl (C=O) groups is 2. The number of nitrogens with zero attached hydrogens (tertiary/aromatic N) is 2. The van der Waals surface area contributed by atoms with Gasteiger partial charge in [0, 0.05) is 38.3 Å². The Morgan fingerprint density at radius 3 is 2.43 bits per heavy atom. The quantitative estimate of drug-likeness (QED) is 0.588. The van der Waals surface area contributed by atoms with Crippen molar-refractivity contribution in [3.05, 3.63) is 29.8 Å². The predicted molar refractivity (Wildman–Crippen MR) is 92.5 cm³/mol. The van der Waals surface area contributed by atoms with Crippen LogP contribution in [-0.2, 0) is 9.59 Å². The number of hydrogen-bond donors (Lipinski definition) is 1. The molecule has 0 aromatic heterocycles. The van der Waals surface area contributed by atoms with Gasteiger partial charge in [0.05, 0.1) is 0 Å². The Labute approximate surface area is 138 Å². The van der Waals surface area contributed by atoms with Crippen LogP contribution in [0.3, 0.4) is 0 Å². The zero-order valence-electron chi connectivity index (χ0n) is 14.0. The molecular formula is C18H27N3O2. The van der Waals surface area contributed by atoms with E-state index in [1.54, 1.807) is 0 Å². The van der Waals surface area contributed by atoms with Crippen molar-refractivity contribution in [1.82, 2.24) is 10.2 Å². The molecule has 1 heterocycles.